The largest absolute Gasteiger partial charge is 0.383 e. The molecule has 2 aromatic heterocycles. The Morgan fingerprint density at radius 1 is 1.40 bits per heavy atom. The van der Waals surface area contributed by atoms with Crippen LogP contribution in [0.5, 0.6) is 0 Å². The number of ether oxygens (including phenoxy) is 1. The molecule has 0 saturated carbocycles. The molecular weight excluding hydrogens is 360 g/mol. The van der Waals surface area contributed by atoms with Crippen molar-refractivity contribution in [3.05, 3.63) is 28.5 Å². The molecule has 0 N–H and O–H groups in total. The van der Waals surface area contributed by atoms with Crippen molar-refractivity contribution in [3.8, 4) is 0 Å². The molecule has 1 atom stereocenters. The van der Waals surface area contributed by atoms with Gasteiger partial charge in [0.25, 0.3) is 0 Å². The van der Waals surface area contributed by atoms with Crippen molar-refractivity contribution in [1.29, 1.82) is 0 Å². The second-order valence-electron chi connectivity index (χ2n) is 6.08. The van der Waals surface area contributed by atoms with Crippen LogP contribution in [0.15, 0.2) is 22.9 Å². The molecule has 0 unspecified atom stereocenters. The van der Waals surface area contributed by atoms with Gasteiger partial charge < -0.3 is 9.30 Å². The fourth-order valence-corrected chi connectivity index (χ4v) is 5.04. The van der Waals surface area contributed by atoms with E-state index in [0.717, 1.165) is 30.1 Å². The lowest BCUT2D eigenvalue weighted by Gasteiger charge is -2.23. The van der Waals surface area contributed by atoms with E-state index in [2.05, 4.69) is 14.9 Å². The number of nitrogens with zero attached hydrogens (tertiary/aromatic N) is 4. The van der Waals surface area contributed by atoms with E-state index >= 15 is 0 Å². The van der Waals surface area contributed by atoms with Gasteiger partial charge in [0, 0.05) is 31.8 Å². The van der Waals surface area contributed by atoms with E-state index in [1.165, 1.54) is 0 Å². The topological polar surface area (TPSA) is 77.3 Å². The molecule has 0 bridgehead atoms. The molecule has 1 saturated heterocycles. The van der Waals surface area contributed by atoms with E-state index in [4.69, 9.17) is 4.74 Å². The molecule has 1 fully saturated rings. The van der Waals surface area contributed by atoms with Crippen molar-refractivity contribution < 1.29 is 13.2 Å². The molecule has 1 aliphatic heterocycles. The summed E-state index contributed by atoms with van der Waals surface area (Å²) in [6.07, 6.45) is 5.73. The van der Waals surface area contributed by atoms with E-state index in [-0.39, 0.29) is 10.9 Å². The third-order valence-electron chi connectivity index (χ3n) is 4.54. The van der Waals surface area contributed by atoms with Crippen LogP contribution in [0.3, 0.4) is 0 Å². The highest BCUT2D eigenvalue weighted by molar-refractivity contribution is 7.91. The van der Waals surface area contributed by atoms with E-state index in [1.54, 1.807) is 36.1 Å². The van der Waals surface area contributed by atoms with Gasteiger partial charge in [-0.25, -0.2) is 18.4 Å². The van der Waals surface area contributed by atoms with Crippen LogP contribution in [0.4, 0.5) is 0 Å². The normalized spacial score (nSPS) is 18.9. The summed E-state index contributed by atoms with van der Waals surface area (Å²) >= 11 is 1.67. The highest BCUT2D eigenvalue weighted by Gasteiger charge is 2.30. The molecule has 0 aliphatic carbocycles. The fourth-order valence-electron chi connectivity index (χ4n) is 3.22. The number of thiazole rings is 1. The molecule has 9 heteroatoms. The third-order valence-corrected chi connectivity index (χ3v) is 7.06. The molecule has 138 valence electrons. The standard InChI is InChI=1S/C16H24N4O3S2/c1-3-25(21,22)16-18-11-13(20(16)8-9-23-2)12-19-7-4-5-14(19)15-17-6-10-24-15/h6,10-11,14H,3-5,7-9,12H2,1-2H3/t14-/m1/s1. The lowest BCUT2D eigenvalue weighted by molar-refractivity contribution is 0.180. The van der Waals surface area contributed by atoms with Crippen molar-refractivity contribution in [2.24, 2.45) is 0 Å². The summed E-state index contributed by atoms with van der Waals surface area (Å²) in [6, 6.07) is 0.303. The predicted octanol–water partition coefficient (Wildman–Crippen LogP) is 2.12. The summed E-state index contributed by atoms with van der Waals surface area (Å²) in [6.45, 7) is 4.22. The Morgan fingerprint density at radius 3 is 2.92 bits per heavy atom. The molecule has 0 radical (unpaired) electrons. The lowest BCUT2D eigenvalue weighted by atomic mass is 10.2. The van der Waals surface area contributed by atoms with Crippen LogP contribution in [0.25, 0.3) is 0 Å². The first-order valence-electron chi connectivity index (χ1n) is 8.46. The minimum absolute atomic E-state index is 0.0435. The molecule has 3 heterocycles. The van der Waals surface area contributed by atoms with E-state index in [0.29, 0.717) is 25.7 Å². The number of hydrogen-bond acceptors (Lipinski definition) is 7. The summed E-state index contributed by atoms with van der Waals surface area (Å²) in [7, 11) is -1.75. The first-order valence-corrected chi connectivity index (χ1v) is 11.0. The molecule has 1 aliphatic rings. The third kappa shape index (κ3) is 3.94. The average Bonchev–Trinajstić information content (AvgIpc) is 3.34. The summed E-state index contributed by atoms with van der Waals surface area (Å²) < 4.78 is 31.6. The van der Waals surface area contributed by atoms with Crippen molar-refractivity contribution >= 4 is 21.2 Å². The Labute approximate surface area is 152 Å². The zero-order chi connectivity index (χ0) is 17.9. The molecular formula is C16H24N4O3S2. The van der Waals surface area contributed by atoms with Crippen LogP contribution in [0.1, 0.15) is 36.5 Å². The van der Waals surface area contributed by atoms with E-state index in [1.807, 2.05) is 11.6 Å². The first-order chi connectivity index (χ1) is 12.1. The Balaban J connectivity index is 1.86. The fraction of sp³-hybridized carbons (Fsp3) is 0.625. The number of rotatable bonds is 8. The van der Waals surface area contributed by atoms with Crippen LogP contribution in [-0.4, -0.2) is 53.9 Å². The van der Waals surface area contributed by atoms with Gasteiger partial charge in [-0.05, 0) is 19.4 Å². The Kier molecular flexibility index (Phi) is 5.88. The molecule has 0 amide bonds. The molecule has 2 aromatic rings. The molecule has 0 spiro atoms. The zero-order valence-electron chi connectivity index (χ0n) is 14.6. The van der Waals surface area contributed by atoms with Gasteiger partial charge >= 0.3 is 0 Å². The van der Waals surface area contributed by atoms with E-state index in [9.17, 15) is 8.42 Å². The van der Waals surface area contributed by atoms with Crippen molar-refractivity contribution in [3.63, 3.8) is 0 Å². The highest BCUT2D eigenvalue weighted by Crippen LogP contribution is 2.34. The van der Waals surface area contributed by atoms with Gasteiger partial charge in [-0.1, -0.05) is 6.92 Å². The summed E-state index contributed by atoms with van der Waals surface area (Å²) in [5.74, 6) is 0.0435. The Morgan fingerprint density at radius 2 is 2.24 bits per heavy atom. The minimum Gasteiger partial charge on any atom is -0.383 e. The van der Waals surface area contributed by atoms with Gasteiger partial charge in [0.2, 0.25) is 15.0 Å². The van der Waals surface area contributed by atoms with Crippen LogP contribution < -0.4 is 0 Å². The monoisotopic (exact) mass is 384 g/mol. The Bertz CT molecular complexity index is 786. The van der Waals surface area contributed by atoms with Gasteiger partial charge in [-0.3, -0.25) is 4.90 Å². The number of methoxy groups -OCH3 is 1. The smallest absolute Gasteiger partial charge is 0.227 e. The average molecular weight is 385 g/mol. The number of aromatic nitrogens is 3. The number of hydrogen-bond donors (Lipinski definition) is 0. The van der Waals surface area contributed by atoms with Gasteiger partial charge in [0.15, 0.2) is 0 Å². The van der Waals surface area contributed by atoms with Gasteiger partial charge in [-0.15, -0.1) is 11.3 Å². The second-order valence-corrected chi connectivity index (χ2v) is 9.18. The molecule has 7 nitrogen and oxygen atoms in total. The summed E-state index contributed by atoms with van der Waals surface area (Å²) in [4.78, 5) is 11.0. The van der Waals surface area contributed by atoms with Gasteiger partial charge in [0.05, 0.1) is 30.3 Å². The maximum atomic E-state index is 12.3. The van der Waals surface area contributed by atoms with Crippen molar-refractivity contribution in [2.75, 3.05) is 26.0 Å². The maximum Gasteiger partial charge on any atom is 0.227 e. The molecule has 3 rings (SSSR count). The zero-order valence-corrected chi connectivity index (χ0v) is 16.2. The Hall–Kier alpha value is -1.29. The summed E-state index contributed by atoms with van der Waals surface area (Å²) in [5.41, 5.74) is 0.910. The second kappa shape index (κ2) is 7.94. The van der Waals surface area contributed by atoms with Crippen molar-refractivity contribution in [1.82, 2.24) is 19.4 Å². The van der Waals surface area contributed by atoms with Crippen LogP contribution >= 0.6 is 11.3 Å². The van der Waals surface area contributed by atoms with Crippen molar-refractivity contribution in [2.45, 2.75) is 44.1 Å². The number of sulfone groups is 1. The SMILES string of the molecule is CCS(=O)(=O)c1ncc(CN2CCC[C@@H]2c2nccs2)n1CCOC. The van der Waals surface area contributed by atoms with E-state index < -0.39 is 9.84 Å². The number of likely N-dealkylation sites (tertiary alicyclic amines) is 1. The predicted molar refractivity (Wildman–Crippen MR) is 96.3 cm³/mol. The molecule has 25 heavy (non-hydrogen) atoms. The molecule has 0 aromatic carbocycles. The highest BCUT2D eigenvalue weighted by atomic mass is 32.2. The summed E-state index contributed by atoms with van der Waals surface area (Å²) in [5, 5.41) is 3.27. The van der Waals surface area contributed by atoms with Gasteiger partial charge in [-0.2, -0.15) is 0 Å². The minimum atomic E-state index is -3.36. The quantitative estimate of drug-likeness (QED) is 0.694. The van der Waals surface area contributed by atoms with Crippen LogP contribution in [-0.2, 0) is 27.7 Å². The maximum absolute atomic E-state index is 12.3. The number of imidazole rings is 1. The first kappa shape index (κ1) is 18.5. The van der Waals surface area contributed by atoms with Gasteiger partial charge in [0.1, 0.15) is 5.01 Å². The van der Waals surface area contributed by atoms with Crippen LogP contribution in [0, 0.1) is 0 Å². The lowest BCUT2D eigenvalue weighted by Crippen LogP contribution is -2.25. The van der Waals surface area contributed by atoms with Crippen LogP contribution in [0.2, 0.25) is 0 Å².